The number of halogens is 2. The minimum absolute atomic E-state index is 0.380. The van der Waals surface area contributed by atoms with E-state index in [1.807, 2.05) is 31.2 Å². The van der Waals surface area contributed by atoms with Crippen LogP contribution in [0.5, 0.6) is 0 Å². The third kappa shape index (κ3) is 1.78. The molecule has 0 spiro atoms. The van der Waals surface area contributed by atoms with Crippen molar-refractivity contribution in [3.05, 3.63) is 59.7 Å². The first-order valence-corrected chi connectivity index (χ1v) is 5.68. The highest BCUT2D eigenvalue weighted by Gasteiger charge is 2.09. The number of aryl methyl sites for hydroxylation is 1. The van der Waals surface area contributed by atoms with Gasteiger partial charge in [0.1, 0.15) is 11.6 Å². The summed E-state index contributed by atoms with van der Waals surface area (Å²) in [5, 5.41) is 1.02. The third-order valence-electron chi connectivity index (χ3n) is 3.00. The summed E-state index contributed by atoms with van der Waals surface area (Å²) >= 11 is 0. The van der Waals surface area contributed by atoms with Gasteiger partial charge in [-0.15, -0.1) is 0 Å². The van der Waals surface area contributed by atoms with Crippen LogP contribution in [0.15, 0.2) is 42.5 Å². The lowest BCUT2D eigenvalue weighted by Crippen LogP contribution is -1.85. The molecular formula is C15H11F2N. The van der Waals surface area contributed by atoms with Crippen LogP contribution in [0.3, 0.4) is 0 Å². The second kappa shape index (κ2) is 3.95. The van der Waals surface area contributed by atoms with E-state index in [0.29, 0.717) is 11.3 Å². The summed E-state index contributed by atoms with van der Waals surface area (Å²) in [6.45, 7) is 2.00. The lowest BCUT2D eigenvalue weighted by molar-refractivity contribution is 0.585. The van der Waals surface area contributed by atoms with Gasteiger partial charge in [-0.3, -0.25) is 0 Å². The first kappa shape index (κ1) is 11.0. The molecule has 0 bridgehead atoms. The summed E-state index contributed by atoms with van der Waals surface area (Å²) in [4.78, 5) is 3.14. The smallest absolute Gasteiger partial charge is 0.135 e. The second-order valence-corrected chi connectivity index (χ2v) is 4.40. The molecule has 3 aromatic rings. The Hall–Kier alpha value is -2.16. The fourth-order valence-corrected chi connectivity index (χ4v) is 2.11. The number of hydrogen-bond acceptors (Lipinski definition) is 0. The van der Waals surface area contributed by atoms with Gasteiger partial charge in [0.05, 0.1) is 0 Å². The summed E-state index contributed by atoms with van der Waals surface area (Å²) in [6.07, 6.45) is 0. The lowest BCUT2D eigenvalue weighted by Gasteiger charge is -1.99. The van der Waals surface area contributed by atoms with Crippen LogP contribution in [0.4, 0.5) is 8.78 Å². The van der Waals surface area contributed by atoms with Crippen molar-refractivity contribution in [1.82, 2.24) is 4.98 Å². The van der Waals surface area contributed by atoms with Crippen LogP contribution in [0.1, 0.15) is 5.56 Å². The van der Waals surface area contributed by atoms with Gasteiger partial charge in [0.2, 0.25) is 0 Å². The predicted molar refractivity (Wildman–Crippen MR) is 68.4 cm³/mol. The van der Waals surface area contributed by atoms with E-state index >= 15 is 0 Å². The van der Waals surface area contributed by atoms with E-state index in [4.69, 9.17) is 0 Å². The molecular weight excluding hydrogens is 232 g/mol. The average molecular weight is 243 g/mol. The van der Waals surface area contributed by atoms with Crippen molar-refractivity contribution in [3.63, 3.8) is 0 Å². The molecule has 2 aromatic carbocycles. The molecule has 0 atom stereocenters. The standard InChI is InChI=1S/C15H11F2N/c1-9-2-5-14-10(6-9)7-15(18-14)12-4-3-11(16)8-13(12)17/h2-8,18H,1H3. The zero-order chi connectivity index (χ0) is 12.7. The van der Waals surface area contributed by atoms with Crippen molar-refractivity contribution in [1.29, 1.82) is 0 Å². The highest BCUT2D eigenvalue weighted by atomic mass is 19.1. The molecule has 1 aromatic heterocycles. The van der Waals surface area contributed by atoms with E-state index in [1.54, 1.807) is 0 Å². The van der Waals surface area contributed by atoms with Crippen molar-refractivity contribution >= 4 is 10.9 Å². The van der Waals surface area contributed by atoms with Gasteiger partial charge in [0.15, 0.2) is 0 Å². The predicted octanol–water partition coefficient (Wildman–Crippen LogP) is 4.42. The molecule has 0 aliphatic heterocycles. The normalized spacial score (nSPS) is 11.1. The number of rotatable bonds is 1. The van der Waals surface area contributed by atoms with Crippen molar-refractivity contribution in [2.45, 2.75) is 6.92 Å². The molecule has 0 saturated heterocycles. The first-order valence-electron chi connectivity index (χ1n) is 5.68. The Bertz CT molecular complexity index is 728. The van der Waals surface area contributed by atoms with Gasteiger partial charge >= 0.3 is 0 Å². The van der Waals surface area contributed by atoms with Crippen LogP contribution in [-0.2, 0) is 0 Å². The second-order valence-electron chi connectivity index (χ2n) is 4.40. The van der Waals surface area contributed by atoms with Gasteiger partial charge < -0.3 is 4.98 Å². The zero-order valence-corrected chi connectivity index (χ0v) is 9.80. The summed E-state index contributed by atoms with van der Waals surface area (Å²) in [5.74, 6) is -1.12. The lowest BCUT2D eigenvalue weighted by atomic mass is 10.1. The van der Waals surface area contributed by atoms with Gasteiger partial charge in [0, 0.05) is 28.2 Å². The maximum atomic E-state index is 13.7. The van der Waals surface area contributed by atoms with E-state index in [1.165, 1.54) is 12.1 Å². The minimum Gasteiger partial charge on any atom is -0.354 e. The van der Waals surface area contributed by atoms with Gasteiger partial charge in [0.25, 0.3) is 0 Å². The molecule has 0 amide bonds. The minimum atomic E-state index is -0.566. The Morgan fingerprint density at radius 2 is 1.78 bits per heavy atom. The topological polar surface area (TPSA) is 15.8 Å². The van der Waals surface area contributed by atoms with Crippen LogP contribution in [0, 0.1) is 18.6 Å². The summed E-state index contributed by atoms with van der Waals surface area (Å²) < 4.78 is 26.6. The highest BCUT2D eigenvalue weighted by molar-refractivity contribution is 5.86. The Morgan fingerprint density at radius 1 is 0.944 bits per heavy atom. The largest absolute Gasteiger partial charge is 0.354 e. The molecule has 0 unspecified atom stereocenters. The van der Waals surface area contributed by atoms with Gasteiger partial charge in [-0.05, 0) is 37.3 Å². The fourth-order valence-electron chi connectivity index (χ4n) is 2.11. The molecule has 0 aliphatic rings. The molecule has 1 heterocycles. The number of nitrogens with one attached hydrogen (secondary N) is 1. The Balaban J connectivity index is 2.19. The Labute approximate surface area is 103 Å². The molecule has 3 heteroatoms. The third-order valence-corrected chi connectivity index (χ3v) is 3.00. The van der Waals surface area contributed by atoms with E-state index in [0.717, 1.165) is 22.5 Å². The summed E-state index contributed by atoms with van der Waals surface area (Å²) in [5.41, 5.74) is 3.13. The van der Waals surface area contributed by atoms with Crippen molar-refractivity contribution in [3.8, 4) is 11.3 Å². The Kier molecular flexibility index (Phi) is 2.40. The summed E-state index contributed by atoms with van der Waals surface area (Å²) in [7, 11) is 0. The van der Waals surface area contributed by atoms with Crippen LogP contribution >= 0.6 is 0 Å². The maximum absolute atomic E-state index is 13.7. The van der Waals surface area contributed by atoms with Crippen LogP contribution in [0.2, 0.25) is 0 Å². The van der Waals surface area contributed by atoms with Gasteiger partial charge in [-0.1, -0.05) is 11.6 Å². The van der Waals surface area contributed by atoms with E-state index in [9.17, 15) is 8.78 Å². The fraction of sp³-hybridized carbons (Fsp3) is 0.0667. The first-order chi connectivity index (χ1) is 8.63. The van der Waals surface area contributed by atoms with Crippen molar-refractivity contribution in [2.24, 2.45) is 0 Å². The molecule has 1 N–H and O–H groups in total. The highest BCUT2D eigenvalue weighted by Crippen LogP contribution is 2.27. The number of aromatic nitrogens is 1. The van der Waals surface area contributed by atoms with E-state index in [2.05, 4.69) is 4.98 Å². The molecule has 3 rings (SSSR count). The maximum Gasteiger partial charge on any atom is 0.135 e. The summed E-state index contributed by atoms with van der Waals surface area (Å²) in [6, 6.07) is 11.4. The van der Waals surface area contributed by atoms with Crippen LogP contribution in [0.25, 0.3) is 22.2 Å². The number of aromatic amines is 1. The van der Waals surface area contributed by atoms with Crippen LogP contribution < -0.4 is 0 Å². The van der Waals surface area contributed by atoms with Crippen molar-refractivity contribution in [2.75, 3.05) is 0 Å². The van der Waals surface area contributed by atoms with Gasteiger partial charge in [-0.2, -0.15) is 0 Å². The number of fused-ring (bicyclic) bond motifs is 1. The monoisotopic (exact) mass is 243 g/mol. The average Bonchev–Trinajstić information content (AvgIpc) is 2.71. The number of H-pyrrole nitrogens is 1. The molecule has 0 aliphatic carbocycles. The molecule has 0 saturated carbocycles. The van der Waals surface area contributed by atoms with E-state index < -0.39 is 11.6 Å². The van der Waals surface area contributed by atoms with E-state index in [-0.39, 0.29) is 0 Å². The zero-order valence-electron chi connectivity index (χ0n) is 9.80. The van der Waals surface area contributed by atoms with Crippen molar-refractivity contribution < 1.29 is 8.78 Å². The quantitative estimate of drug-likeness (QED) is 0.651. The van der Waals surface area contributed by atoms with Crippen LogP contribution in [-0.4, -0.2) is 4.98 Å². The molecule has 0 radical (unpaired) electrons. The molecule has 0 fully saturated rings. The number of hydrogen-bond donors (Lipinski definition) is 1. The van der Waals surface area contributed by atoms with Gasteiger partial charge in [-0.25, -0.2) is 8.78 Å². The SMILES string of the molecule is Cc1ccc2[nH]c(-c3ccc(F)cc3F)cc2c1. The number of benzene rings is 2. The molecule has 18 heavy (non-hydrogen) atoms. The molecule has 90 valence electrons. The molecule has 1 nitrogen and oxygen atoms in total. The Morgan fingerprint density at radius 3 is 2.56 bits per heavy atom.